The summed E-state index contributed by atoms with van der Waals surface area (Å²) in [6.07, 6.45) is 0. The fourth-order valence-corrected chi connectivity index (χ4v) is 5.66. The van der Waals surface area contributed by atoms with E-state index in [1.165, 1.54) is 15.0 Å². The van der Waals surface area contributed by atoms with E-state index in [1.54, 1.807) is 11.3 Å². The summed E-state index contributed by atoms with van der Waals surface area (Å²) in [5.41, 5.74) is 6.15. The minimum absolute atomic E-state index is 0.863. The van der Waals surface area contributed by atoms with E-state index in [2.05, 4.69) is 71.7 Å². The molecule has 3 heterocycles. The Labute approximate surface area is 194 Å². The summed E-state index contributed by atoms with van der Waals surface area (Å²) in [5, 5.41) is 2.34. The maximum atomic E-state index is 6.31. The summed E-state index contributed by atoms with van der Waals surface area (Å²) < 4.78 is 7.58. The maximum Gasteiger partial charge on any atom is 0.139 e. The normalized spacial score (nSPS) is 11.6. The largest absolute Gasteiger partial charge is 0.456 e. The van der Waals surface area contributed by atoms with Gasteiger partial charge in [0.05, 0.1) is 11.0 Å². The first kappa shape index (κ1) is 18.4. The van der Waals surface area contributed by atoms with E-state index in [1.807, 2.05) is 36.4 Å². The number of aromatic amines is 1. The summed E-state index contributed by atoms with van der Waals surface area (Å²) in [6.45, 7) is 0. The minimum Gasteiger partial charge on any atom is -0.456 e. The van der Waals surface area contributed by atoms with Crippen LogP contribution in [-0.4, -0.2) is 9.97 Å². The molecule has 0 aliphatic carbocycles. The van der Waals surface area contributed by atoms with E-state index in [4.69, 9.17) is 9.40 Å². The van der Waals surface area contributed by atoms with Crippen LogP contribution in [0.1, 0.15) is 0 Å². The highest BCUT2D eigenvalue weighted by Gasteiger charge is 2.20. The van der Waals surface area contributed by atoms with Crippen LogP contribution in [0, 0.1) is 0 Å². The molecule has 0 aliphatic rings. The van der Waals surface area contributed by atoms with Crippen molar-refractivity contribution in [3.8, 4) is 33.2 Å². The molecule has 0 atom stereocenters. The molecule has 4 heteroatoms. The summed E-state index contributed by atoms with van der Waals surface area (Å²) in [4.78, 5) is 9.64. The zero-order chi connectivity index (χ0) is 21.8. The van der Waals surface area contributed by atoms with Gasteiger partial charge in [0.2, 0.25) is 0 Å². The third-order valence-corrected chi connectivity index (χ3v) is 7.21. The summed E-state index contributed by atoms with van der Waals surface area (Å²) >= 11 is 1.80. The topological polar surface area (TPSA) is 41.8 Å². The number of rotatable bonds is 3. The van der Waals surface area contributed by atoms with Gasteiger partial charge in [0.1, 0.15) is 17.2 Å². The van der Waals surface area contributed by atoms with Gasteiger partial charge in [-0.25, -0.2) is 4.98 Å². The van der Waals surface area contributed by atoms with Gasteiger partial charge in [-0.2, -0.15) is 0 Å². The van der Waals surface area contributed by atoms with Gasteiger partial charge in [0, 0.05) is 31.7 Å². The third-order valence-electron chi connectivity index (χ3n) is 6.07. The van der Waals surface area contributed by atoms with Crippen LogP contribution in [0.5, 0.6) is 0 Å². The lowest BCUT2D eigenvalue weighted by atomic mass is 9.97. The number of benzene rings is 4. The van der Waals surface area contributed by atoms with Crippen molar-refractivity contribution in [1.82, 2.24) is 9.97 Å². The average molecular weight is 443 g/mol. The molecule has 0 unspecified atom stereocenters. The maximum absolute atomic E-state index is 6.31. The lowest BCUT2D eigenvalue weighted by Crippen LogP contribution is -1.89. The molecule has 1 N–H and O–H groups in total. The average Bonchev–Trinajstić information content (AvgIpc) is 3.59. The predicted molar refractivity (Wildman–Crippen MR) is 138 cm³/mol. The monoisotopic (exact) mass is 442 g/mol. The van der Waals surface area contributed by atoms with Crippen LogP contribution in [-0.2, 0) is 0 Å². The lowest BCUT2D eigenvalue weighted by Gasteiger charge is -2.11. The molecule has 156 valence electrons. The van der Waals surface area contributed by atoms with E-state index in [0.29, 0.717) is 0 Å². The van der Waals surface area contributed by atoms with Gasteiger partial charge in [-0.1, -0.05) is 66.7 Å². The van der Waals surface area contributed by atoms with Crippen LogP contribution in [0.15, 0.2) is 108 Å². The molecule has 0 saturated carbocycles. The first-order valence-electron chi connectivity index (χ1n) is 10.9. The van der Waals surface area contributed by atoms with Crippen LogP contribution in [0.2, 0.25) is 0 Å². The van der Waals surface area contributed by atoms with Crippen LogP contribution in [0.3, 0.4) is 0 Å². The molecule has 4 aromatic carbocycles. The molecule has 0 saturated heterocycles. The molecule has 0 amide bonds. The van der Waals surface area contributed by atoms with E-state index >= 15 is 0 Å². The summed E-state index contributed by atoms with van der Waals surface area (Å²) in [7, 11) is 0. The Kier molecular flexibility index (Phi) is 4.01. The highest BCUT2D eigenvalue weighted by atomic mass is 32.1. The number of H-pyrrole nitrogens is 1. The molecule has 7 aromatic rings. The Morgan fingerprint density at radius 2 is 1.48 bits per heavy atom. The highest BCUT2D eigenvalue weighted by Crippen LogP contribution is 2.45. The van der Waals surface area contributed by atoms with E-state index < -0.39 is 0 Å². The fourth-order valence-electron chi connectivity index (χ4n) is 4.52. The molecule has 0 radical (unpaired) electrons. The Morgan fingerprint density at radius 1 is 0.697 bits per heavy atom. The van der Waals surface area contributed by atoms with Gasteiger partial charge in [0.25, 0.3) is 0 Å². The molecule has 0 bridgehead atoms. The van der Waals surface area contributed by atoms with Crippen molar-refractivity contribution in [3.05, 3.63) is 103 Å². The Bertz CT molecular complexity index is 1590. The zero-order valence-electron chi connectivity index (χ0n) is 17.6. The van der Waals surface area contributed by atoms with Crippen molar-refractivity contribution in [3.63, 3.8) is 0 Å². The van der Waals surface area contributed by atoms with Crippen molar-refractivity contribution in [2.75, 3.05) is 0 Å². The zero-order valence-corrected chi connectivity index (χ0v) is 18.4. The van der Waals surface area contributed by atoms with Gasteiger partial charge in [-0.3, -0.25) is 0 Å². The molecule has 3 aromatic heterocycles. The van der Waals surface area contributed by atoms with E-state index in [0.717, 1.165) is 50.3 Å². The molecular formula is C29H18N2OS. The standard InChI is InChI=1S/C29H18N2OS/c1-5-14-24-18(8-1)16-25(32-24)20-10-7-11-21(29-30-22-12-3-4-13-23(22)31-29)28(20)27-17-19-9-2-6-15-26(19)33-27/h1-17H,(H,30,31). The number of nitrogens with one attached hydrogen (secondary N) is 1. The summed E-state index contributed by atoms with van der Waals surface area (Å²) in [6, 6.07) is 35.6. The minimum atomic E-state index is 0.863. The first-order chi connectivity index (χ1) is 16.3. The van der Waals surface area contributed by atoms with Crippen LogP contribution >= 0.6 is 11.3 Å². The molecule has 7 rings (SSSR count). The Balaban J connectivity index is 1.54. The van der Waals surface area contributed by atoms with Gasteiger partial charge in [-0.05, 0) is 41.8 Å². The molecule has 0 aliphatic heterocycles. The number of nitrogens with zero attached hydrogens (tertiary/aromatic N) is 1. The molecule has 33 heavy (non-hydrogen) atoms. The van der Waals surface area contributed by atoms with Gasteiger partial charge in [0.15, 0.2) is 0 Å². The van der Waals surface area contributed by atoms with Crippen molar-refractivity contribution < 1.29 is 4.42 Å². The Hall–Kier alpha value is -4.15. The van der Waals surface area contributed by atoms with E-state index in [9.17, 15) is 0 Å². The van der Waals surface area contributed by atoms with E-state index in [-0.39, 0.29) is 0 Å². The smallest absolute Gasteiger partial charge is 0.139 e. The van der Waals surface area contributed by atoms with Crippen molar-refractivity contribution in [2.24, 2.45) is 0 Å². The lowest BCUT2D eigenvalue weighted by molar-refractivity contribution is 0.632. The number of thiophene rings is 1. The second kappa shape index (κ2) is 7.19. The Morgan fingerprint density at radius 3 is 2.36 bits per heavy atom. The third kappa shape index (κ3) is 2.99. The van der Waals surface area contributed by atoms with Crippen molar-refractivity contribution >= 4 is 43.4 Å². The molecule has 0 fully saturated rings. The SMILES string of the molecule is c1cc(-c2nc3ccccc3[nH]2)c(-c2cc3ccccc3s2)c(-c2cc3ccccc3o2)c1. The number of furan rings is 1. The van der Waals surface area contributed by atoms with Gasteiger partial charge >= 0.3 is 0 Å². The highest BCUT2D eigenvalue weighted by molar-refractivity contribution is 7.22. The first-order valence-corrected chi connectivity index (χ1v) is 11.7. The van der Waals surface area contributed by atoms with Crippen LogP contribution < -0.4 is 0 Å². The number of hydrogen-bond acceptors (Lipinski definition) is 3. The molecular weight excluding hydrogens is 424 g/mol. The molecule has 0 spiro atoms. The number of imidazole rings is 1. The van der Waals surface area contributed by atoms with Crippen molar-refractivity contribution in [1.29, 1.82) is 0 Å². The second-order valence-electron chi connectivity index (χ2n) is 8.13. The van der Waals surface area contributed by atoms with Gasteiger partial charge in [-0.15, -0.1) is 11.3 Å². The summed E-state index contributed by atoms with van der Waals surface area (Å²) in [5.74, 6) is 1.73. The van der Waals surface area contributed by atoms with Crippen molar-refractivity contribution in [2.45, 2.75) is 0 Å². The fraction of sp³-hybridized carbons (Fsp3) is 0. The number of aromatic nitrogens is 2. The van der Waals surface area contributed by atoms with Crippen LogP contribution in [0.4, 0.5) is 0 Å². The van der Waals surface area contributed by atoms with Crippen LogP contribution in [0.25, 0.3) is 65.2 Å². The predicted octanol–water partition coefficient (Wildman–Crippen LogP) is 8.52. The quantitative estimate of drug-likeness (QED) is 0.298. The number of para-hydroxylation sites is 3. The van der Waals surface area contributed by atoms with Gasteiger partial charge < -0.3 is 9.40 Å². The molecule has 3 nitrogen and oxygen atoms in total. The number of hydrogen-bond donors (Lipinski definition) is 1. The number of fused-ring (bicyclic) bond motifs is 3. The second-order valence-corrected chi connectivity index (χ2v) is 9.21.